The summed E-state index contributed by atoms with van der Waals surface area (Å²) in [5.74, 6) is -1.45. The van der Waals surface area contributed by atoms with Gasteiger partial charge >= 0.3 is 5.97 Å². The highest BCUT2D eigenvalue weighted by Gasteiger charge is 2.28. The number of anilines is 1. The average Bonchev–Trinajstić information content (AvgIpc) is 2.70. The Hall–Kier alpha value is -2.49. The SMILES string of the molecule is CC(OC(C)(C)C)C(NCc1ccc(NC(=O)CCCCCCC(=O)NO)cc1)C(=O)O. The van der Waals surface area contributed by atoms with Crippen molar-refractivity contribution in [2.45, 2.75) is 90.5 Å². The summed E-state index contributed by atoms with van der Waals surface area (Å²) in [6.07, 6.45) is 3.21. The second-order valence-electron chi connectivity index (χ2n) is 8.83. The smallest absolute Gasteiger partial charge is 0.323 e. The van der Waals surface area contributed by atoms with Crippen LogP contribution in [0.1, 0.15) is 71.8 Å². The zero-order valence-corrected chi connectivity index (χ0v) is 19.4. The molecule has 1 rings (SSSR count). The third-order valence-corrected chi connectivity index (χ3v) is 4.72. The Morgan fingerprint density at radius 2 is 1.53 bits per heavy atom. The number of carbonyl (C=O) groups excluding carboxylic acids is 2. The molecule has 0 spiro atoms. The summed E-state index contributed by atoms with van der Waals surface area (Å²) >= 11 is 0. The fourth-order valence-electron chi connectivity index (χ4n) is 3.22. The molecule has 0 aromatic heterocycles. The molecule has 1 aromatic rings. The van der Waals surface area contributed by atoms with Crippen LogP contribution in [0.3, 0.4) is 0 Å². The molecule has 0 radical (unpaired) electrons. The van der Waals surface area contributed by atoms with Crippen LogP contribution in [0, 0.1) is 0 Å². The molecule has 2 amide bonds. The Kier molecular flexibility index (Phi) is 11.9. The van der Waals surface area contributed by atoms with E-state index in [0.717, 1.165) is 24.8 Å². The summed E-state index contributed by atoms with van der Waals surface area (Å²) in [7, 11) is 0. The fraction of sp³-hybridized carbons (Fsp3) is 0.609. The van der Waals surface area contributed by atoms with E-state index in [1.54, 1.807) is 24.5 Å². The molecule has 0 aliphatic heterocycles. The Balaban J connectivity index is 2.39. The van der Waals surface area contributed by atoms with Crippen molar-refractivity contribution in [2.24, 2.45) is 0 Å². The summed E-state index contributed by atoms with van der Waals surface area (Å²) in [6.45, 7) is 7.75. The summed E-state index contributed by atoms with van der Waals surface area (Å²) in [5.41, 5.74) is 2.73. The van der Waals surface area contributed by atoms with Gasteiger partial charge in [0.05, 0.1) is 11.7 Å². The van der Waals surface area contributed by atoms with Gasteiger partial charge in [-0.15, -0.1) is 0 Å². The number of rotatable bonds is 14. The van der Waals surface area contributed by atoms with E-state index in [9.17, 15) is 19.5 Å². The number of hydroxylamine groups is 1. The van der Waals surface area contributed by atoms with Crippen LogP contribution in [0.25, 0.3) is 0 Å². The van der Waals surface area contributed by atoms with Crippen molar-refractivity contribution in [1.29, 1.82) is 0 Å². The molecule has 0 fully saturated rings. The number of unbranched alkanes of at least 4 members (excludes halogenated alkanes) is 3. The van der Waals surface area contributed by atoms with E-state index in [0.29, 0.717) is 25.1 Å². The van der Waals surface area contributed by atoms with Crippen molar-refractivity contribution in [3.05, 3.63) is 29.8 Å². The number of amides is 2. The van der Waals surface area contributed by atoms with Crippen LogP contribution in [0.15, 0.2) is 24.3 Å². The molecule has 0 bridgehead atoms. The Bertz CT molecular complexity index is 730. The molecule has 0 heterocycles. The normalized spacial score (nSPS) is 13.3. The molecule has 180 valence electrons. The second-order valence-corrected chi connectivity index (χ2v) is 8.83. The molecule has 2 unspecified atom stereocenters. The van der Waals surface area contributed by atoms with Crippen LogP contribution in [0.2, 0.25) is 0 Å². The van der Waals surface area contributed by atoms with Crippen molar-refractivity contribution >= 4 is 23.5 Å². The predicted molar refractivity (Wildman–Crippen MR) is 121 cm³/mol. The largest absolute Gasteiger partial charge is 0.480 e. The van der Waals surface area contributed by atoms with Gasteiger partial charge in [0.1, 0.15) is 6.04 Å². The minimum Gasteiger partial charge on any atom is -0.480 e. The van der Waals surface area contributed by atoms with Crippen LogP contribution in [-0.2, 0) is 25.7 Å². The Labute approximate surface area is 189 Å². The predicted octanol–water partition coefficient (Wildman–Crippen LogP) is 3.22. The third kappa shape index (κ3) is 11.8. The highest BCUT2D eigenvalue weighted by atomic mass is 16.5. The second kappa shape index (κ2) is 13.8. The number of nitrogens with one attached hydrogen (secondary N) is 3. The van der Waals surface area contributed by atoms with Crippen molar-refractivity contribution in [2.75, 3.05) is 5.32 Å². The number of ether oxygens (including phenoxy) is 1. The lowest BCUT2D eigenvalue weighted by atomic mass is 10.1. The van der Waals surface area contributed by atoms with Crippen LogP contribution in [-0.4, -0.2) is 45.8 Å². The number of aliphatic carboxylic acids is 1. The zero-order chi connectivity index (χ0) is 24.1. The van der Waals surface area contributed by atoms with E-state index in [-0.39, 0.29) is 12.3 Å². The molecule has 9 heteroatoms. The van der Waals surface area contributed by atoms with Gasteiger partial charge in [-0.2, -0.15) is 0 Å². The first kappa shape index (κ1) is 27.5. The maximum Gasteiger partial charge on any atom is 0.323 e. The van der Waals surface area contributed by atoms with Crippen molar-refractivity contribution in [3.63, 3.8) is 0 Å². The lowest BCUT2D eigenvalue weighted by Crippen LogP contribution is -2.47. The van der Waals surface area contributed by atoms with Gasteiger partial charge in [-0.1, -0.05) is 25.0 Å². The van der Waals surface area contributed by atoms with Gasteiger partial charge in [0.2, 0.25) is 11.8 Å². The Morgan fingerprint density at radius 1 is 0.969 bits per heavy atom. The molecule has 1 aromatic carbocycles. The third-order valence-electron chi connectivity index (χ3n) is 4.72. The van der Waals surface area contributed by atoms with Gasteiger partial charge in [0, 0.05) is 25.1 Å². The number of benzene rings is 1. The molecule has 2 atom stereocenters. The van der Waals surface area contributed by atoms with E-state index >= 15 is 0 Å². The maximum absolute atomic E-state index is 12.1. The first-order chi connectivity index (χ1) is 15.0. The summed E-state index contributed by atoms with van der Waals surface area (Å²) in [6, 6.07) is 6.40. The number of carbonyl (C=O) groups is 3. The topological polar surface area (TPSA) is 137 Å². The van der Waals surface area contributed by atoms with E-state index in [2.05, 4.69) is 10.6 Å². The van der Waals surface area contributed by atoms with Crippen LogP contribution in [0.5, 0.6) is 0 Å². The van der Waals surface area contributed by atoms with E-state index in [4.69, 9.17) is 9.94 Å². The lowest BCUT2D eigenvalue weighted by molar-refractivity contribution is -0.147. The number of carboxylic acids is 1. The highest BCUT2D eigenvalue weighted by molar-refractivity contribution is 5.90. The monoisotopic (exact) mass is 451 g/mol. The van der Waals surface area contributed by atoms with Crippen molar-refractivity contribution in [1.82, 2.24) is 10.8 Å². The van der Waals surface area contributed by atoms with Gasteiger partial charge < -0.3 is 15.2 Å². The van der Waals surface area contributed by atoms with Crippen molar-refractivity contribution in [3.8, 4) is 0 Å². The van der Waals surface area contributed by atoms with Crippen LogP contribution < -0.4 is 16.1 Å². The first-order valence-electron chi connectivity index (χ1n) is 11.0. The van der Waals surface area contributed by atoms with E-state index in [1.807, 2.05) is 32.9 Å². The molecular weight excluding hydrogens is 414 g/mol. The summed E-state index contributed by atoms with van der Waals surface area (Å²) < 4.78 is 5.76. The van der Waals surface area contributed by atoms with Gasteiger partial charge in [0.15, 0.2) is 0 Å². The zero-order valence-electron chi connectivity index (χ0n) is 19.4. The molecule has 0 aliphatic rings. The van der Waals surface area contributed by atoms with E-state index in [1.165, 1.54) is 0 Å². The quantitative estimate of drug-likeness (QED) is 0.166. The van der Waals surface area contributed by atoms with Crippen LogP contribution >= 0.6 is 0 Å². The molecule has 9 nitrogen and oxygen atoms in total. The minimum absolute atomic E-state index is 0.0805. The number of hydrogen-bond donors (Lipinski definition) is 5. The van der Waals surface area contributed by atoms with Crippen LogP contribution in [0.4, 0.5) is 5.69 Å². The maximum atomic E-state index is 12.1. The fourth-order valence-corrected chi connectivity index (χ4v) is 3.22. The molecule has 0 saturated carbocycles. The average molecular weight is 452 g/mol. The number of hydrogen-bond acceptors (Lipinski definition) is 6. The summed E-state index contributed by atoms with van der Waals surface area (Å²) in [5, 5.41) is 23.8. The molecule has 0 saturated heterocycles. The highest BCUT2D eigenvalue weighted by Crippen LogP contribution is 2.15. The Morgan fingerprint density at radius 3 is 2.03 bits per heavy atom. The van der Waals surface area contributed by atoms with Gasteiger partial charge in [0.25, 0.3) is 0 Å². The standard InChI is InChI=1S/C23H37N3O6/c1-16(32-23(2,3)4)21(22(29)30)24-15-17-11-13-18(14-12-17)25-19(27)9-7-5-6-8-10-20(28)26-31/h11-14,16,21,24,31H,5-10,15H2,1-4H3,(H,25,27)(H,26,28)(H,29,30). The van der Waals surface area contributed by atoms with Gasteiger partial charge in [-0.25, -0.2) is 5.48 Å². The molecule has 32 heavy (non-hydrogen) atoms. The van der Waals surface area contributed by atoms with Gasteiger partial charge in [-0.3, -0.25) is 24.9 Å². The minimum atomic E-state index is -0.970. The first-order valence-corrected chi connectivity index (χ1v) is 11.0. The van der Waals surface area contributed by atoms with E-state index < -0.39 is 29.6 Å². The molecular formula is C23H37N3O6. The molecule has 5 N–H and O–H groups in total. The number of carboxylic acid groups (broad SMARTS) is 1. The van der Waals surface area contributed by atoms with Crippen molar-refractivity contribution < 1.29 is 29.4 Å². The lowest BCUT2D eigenvalue weighted by Gasteiger charge is -2.29. The molecule has 0 aliphatic carbocycles. The van der Waals surface area contributed by atoms with Gasteiger partial charge in [-0.05, 0) is 58.2 Å². The summed E-state index contributed by atoms with van der Waals surface area (Å²) in [4.78, 5) is 34.6.